The van der Waals surface area contributed by atoms with Gasteiger partial charge in [0.1, 0.15) is 11.5 Å². The fourth-order valence-corrected chi connectivity index (χ4v) is 2.04. The Bertz CT molecular complexity index is 664. The van der Waals surface area contributed by atoms with E-state index in [2.05, 4.69) is 10.1 Å². The van der Waals surface area contributed by atoms with E-state index in [9.17, 15) is 4.39 Å². The molecule has 3 aromatic rings. The van der Waals surface area contributed by atoms with Gasteiger partial charge in [0, 0.05) is 23.5 Å². The van der Waals surface area contributed by atoms with Crippen LogP contribution in [-0.4, -0.2) is 14.8 Å². The summed E-state index contributed by atoms with van der Waals surface area (Å²) in [7, 11) is 0. The minimum absolute atomic E-state index is 0.278. The first kappa shape index (κ1) is 11.9. The maximum atomic E-state index is 13.7. The van der Waals surface area contributed by atoms with Gasteiger partial charge in [-0.3, -0.25) is 0 Å². The predicted octanol–water partition coefficient (Wildman–Crippen LogP) is 3.73. The lowest BCUT2D eigenvalue weighted by molar-refractivity contribution is 0.631. The number of hydrogen-bond acceptors (Lipinski definition) is 2. The predicted molar refractivity (Wildman–Crippen MR) is 71.8 cm³/mol. The topological polar surface area (TPSA) is 30.7 Å². The van der Waals surface area contributed by atoms with Gasteiger partial charge in [-0.15, -0.1) is 0 Å². The maximum absolute atomic E-state index is 13.7. The van der Waals surface area contributed by atoms with Crippen molar-refractivity contribution in [2.45, 2.75) is 0 Å². The van der Waals surface area contributed by atoms with Crippen LogP contribution in [0.5, 0.6) is 0 Å². The van der Waals surface area contributed by atoms with Gasteiger partial charge >= 0.3 is 0 Å². The van der Waals surface area contributed by atoms with Gasteiger partial charge in [-0.05, 0) is 18.2 Å². The van der Waals surface area contributed by atoms with Crippen LogP contribution in [0.3, 0.4) is 0 Å². The Hall–Kier alpha value is -2.20. The van der Waals surface area contributed by atoms with Crippen LogP contribution < -0.4 is 0 Å². The van der Waals surface area contributed by atoms with E-state index in [4.69, 9.17) is 11.6 Å². The van der Waals surface area contributed by atoms with Crippen LogP contribution in [0.15, 0.2) is 55.0 Å². The van der Waals surface area contributed by atoms with Crippen molar-refractivity contribution in [2.75, 3.05) is 0 Å². The third kappa shape index (κ3) is 2.22. The molecule has 0 atom stereocenters. The van der Waals surface area contributed by atoms with Crippen molar-refractivity contribution >= 4 is 11.6 Å². The molecule has 19 heavy (non-hydrogen) atoms. The molecule has 1 aromatic carbocycles. The average Bonchev–Trinajstić information content (AvgIpc) is 2.89. The molecule has 0 fully saturated rings. The van der Waals surface area contributed by atoms with Crippen molar-refractivity contribution in [3.05, 3.63) is 66.0 Å². The largest absolute Gasteiger partial charge is 0.242 e. The summed E-state index contributed by atoms with van der Waals surface area (Å²) in [5.74, 6) is -0.278. The third-order valence-corrected chi connectivity index (χ3v) is 3.04. The maximum Gasteiger partial charge on any atom is 0.154 e. The van der Waals surface area contributed by atoms with E-state index >= 15 is 0 Å². The fourth-order valence-electron chi connectivity index (χ4n) is 1.84. The molecule has 2 heterocycles. The van der Waals surface area contributed by atoms with Gasteiger partial charge in [-0.1, -0.05) is 29.8 Å². The Labute approximate surface area is 114 Å². The quantitative estimate of drug-likeness (QED) is 0.666. The van der Waals surface area contributed by atoms with E-state index in [1.807, 2.05) is 0 Å². The monoisotopic (exact) mass is 273 g/mol. The number of nitrogens with zero attached hydrogens (tertiary/aromatic N) is 3. The first-order valence-electron chi connectivity index (χ1n) is 5.66. The second-order valence-electron chi connectivity index (χ2n) is 3.97. The molecule has 0 aliphatic heterocycles. The van der Waals surface area contributed by atoms with Crippen molar-refractivity contribution in [3.8, 4) is 16.8 Å². The van der Waals surface area contributed by atoms with E-state index in [-0.39, 0.29) is 5.82 Å². The summed E-state index contributed by atoms with van der Waals surface area (Å²) in [6.45, 7) is 0. The Morgan fingerprint density at radius 1 is 1.11 bits per heavy atom. The number of hydrogen-bond donors (Lipinski definition) is 0. The number of pyridine rings is 1. The molecular formula is C14H9ClFN3. The first-order chi connectivity index (χ1) is 9.25. The molecule has 0 aliphatic carbocycles. The van der Waals surface area contributed by atoms with Crippen LogP contribution >= 0.6 is 11.6 Å². The highest BCUT2D eigenvalue weighted by molar-refractivity contribution is 6.31. The van der Waals surface area contributed by atoms with Crippen molar-refractivity contribution < 1.29 is 4.39 Å². The lowest BCUT2D eigenvalue weighted by Crippen LogP contribution is -1.95. The third-order valence-electron chi connectivity index (χ3n) is 2.75. The van der Waals surface area contributed by atoms with Gasteiger partial charge in [0.2, 0.25) is 0 Å². The normalized spacial score (nSPS) is 10.6. The van der Waals surface area contributed by atoms with E-state index in [0.29, 0.717) is 22.0 Å². The van der Waals surface area contributed by atoms with E-state index in [1.165, 1.54) is 6.07 Å². The zero-order chi connectivity index (χ0) is 13.2. The van der Waals surface area contributed by atoms with Gasteiger partial charge < -0.3 is 0 Å². The SMILES string of the molecule is Fc1ccccc1-c1cnn(-c2cccnc2Cl)c1. The van der Waals surface area contributed by atoms with Gasteiger partial charge in [0.25, 0.3) is 0 Å². The van der Waals surface area contributed by atoms with E-state index in [1.54, 1.807) is 53.6 Å². The fraction of sp³-hybridized carbons (Fsp3) is 0. The number of benzene rings is 1. The molecule has 0 aliphatic rings. The van der Waals surface area contributed by atoms with Crippen LogP contribution in [0, 0.1) is 5.82 Å². The number of halogens is 2. The lowest BCUT2D eigenvalue weighted by Gasteiger charge is -2.02. The Balaban J connectivity index is 2.06. The highest BCUT2D eigenvalue weighted by Gasteiger charge is 2.09. The van der Waals surface area contributed by atoms with Gasteiger partial charge in [0.05, 0.1) is 6.20 Å². The molecule has 0 radical (unpaired) electrons. The molecule has 2 aromatic heterocycles. The summed E-state index contributed by atoms with van der Waals surface area (Å²) in [5, 5.41) is 4.54. The Morgan fingerprint density at radius 3 is 2.74 bits per heavy atom. The molecule has 0 saturated carbocycles. The summed E-state index contributed by atoms with van der Waals surface area (Å²) in [4.78, 5) is 3.99. The minimum atomic E-state index is -0.278. The number of rotatable bonds is 2. The highest BCUT2D eigenvalue weighted by atomic mass is 35.5. The molecule has 0 bridgehead atoms. The standard InChI is InChI=1S/C14H9ClFN3/c15-14-13(6-3-7-17-14)19-9-10(8-18-19)11-4-1-2-5-12(11)16/h1-9H. The molecule has 0 saturated heterocycles. The van der Waals surface area contributed by atoms with Gasteiger partial charge in [0.15, 0.2) is 5.15 Å². The van der Waals surface area contributed by atoms with Crippen LogP contribution in [0.1, 0.15) is 0 Å². The number of aromatic nitrogens is 3. The molecule has 0 amide bonds. The van der Waals surface area contributed by atoms with Crippen LogP contribution in [0.2, 0.25) is 5.15 Å². The van der Waals surface area contributed by atoms with Crippen LogP contribution in [-0.2, 0) is 0 Å². The van der Waals surface area contributed by atoms with E-state index < -0.39 is 0 Å². The van der Waals surface area contributed by atoms with Crippen molar-refractivity contribution in [1.82, 2.24) is 14.8 Å². The van der Waals surface area contributed by atoms with Crippen molar-refractivity contribution in [1.29, 1.82) is 0 Å². The molecule has 94 valence electrons. The Morgan fingerprint density at radius 2 is 1.95 bits per heavy atom. The summed E-state index contributed by atoms with van der Waals surface area (Å²) >= 11 is 6.00. The van der Waals surface area contributed by atoms with Crippen molar-refractivity contribution in [3.63, 3.8) is 0 Å². The molecule has 3 nitrogen and oxygen atoms in total. The zero-order valence-corrected chi connectivity index (χ0v) is 10.5. The van der Waals surface area contributed by atoms with Crippen LogP contribution in [0.4, 0.5) is 4.39 Å². The second-order valence-corrected chi connectivity index (χ2v) is 4.32. The first-order valence-corrected chi connectivity index (χ1v) is 6.04. The summed E-state index contributed by atoms with van der Waals surface area (Å²) < 4.78 is 15.3. The molecule has 0 spiro atoms. The smallest absolute Gasteiger partial charge is 0.154 e. The van der Waals surface area contributed by atoms with Crippen molar-refractivity contribution in [2.24, 2.45) is 0 Å². The van der Waals surface area contributed by atoms with Gasteiger partial charge in [-0.25, -0.2) is 14.1 Å². The van der Waals surface area contributed by atoms with Gasteiger partial charge in [-0.2, -0.15) is 5.10 Å². The Kier molecular flexibility index (Phi) is 3.01. The summed E-state index contributed by atoms with van der Waals surface area (Å²) in [6, 6.07) is 10.1. The van der Waals surface area contributed by atoms with E-state index in [0.717, 1.165) is 0 Å². The average molecular weight is 274 g/mol. The molecule has 0 unspecified atom stereocenters. The highest BCUT2D eigenvalue weighted by Crippen LogP contribution is 2.24. The molecular weight excluding hydrogens is 265 g/mol. The lowest BCUT2D eigenvalue weighted by atomic mass is 10.1. The summed E-state index contributed by atoms with van der Waals surface area (Å²) in [5.41, 5.74) is 1.86. The molecule has 5 heteroatoms. The van der Waals surface area contributed by atoms with Crippen LogP contribution in [0.25, 0.3) is 16.8 Å². The summed E-state index contributed by atoms with van der Waals surface area (Å²) in [6.07, 6.45) is 4.93. The molecule has 3 rings (SSSR count). The minimum Gasteiger partial charge on any atom is -0.242 e. The zero-order valence-electron chi connectivity index (χ0n) is 9.79. The molecule has 0 N–H and O–H groups in total. The second kappa shape index (κ2) is 4.82.